The van der Waals surface area contributed by atoms with E-state index in [9.17, 15) is 4.79 Å². The van der Waals surface area contributed by atoms with Crippen LogP contribution in [0.3, 0.4) is 0 Å². The lowest BCUT2D eigenvalue weighted by molar-refractivity contribution is -0.135. The molecule has 2 aliphatic rings. The maximum Gasteiger partial charge on any atom is 0.235 e. The predicted molar refractivity (Wildman–Crippen MR) is 69.5 cm³/mol. The van der Waals surface area contributed by atoms with Crippen molar-refractivity contribution in [2.24, 2.45) is 11.1 Å². The van der Waals surface area contributed by atoms with E-state index in [1.54, 1.807) is 0 Å². The molecule has 1 atom stereocenters. The highest BCUT2D eigenvalue weighted by atomic mass is 32.1. The Morgan fingerprint density at radius 2 is 2.24 bits per heavy atom. The minimum Gasteiger partial charge on any atom is -0.396 e. The first-order valence-corrected chi connectivity index (χ1v) is 6.74. The molecule has 1 aliphatic carbocycles. The summed E-state index contributed by atoms with van der Waals surface area (Å²) in [5.74, 6) is 0.130. The SMILES string of the molecule is NC(=S)C1(C(=O)N2CCCC2CCCO)CC1. The van der Waals surface area contributed by atoms with E-state index in [0.717, 1.165) is 45.1 Å². The Kier molecular flexibility index (Phi) is 3.68. The normalized spacial score (nSPS) is 25.9. The number of likely N-dealkylation sites (tertiary alicyclic amines) is 1. The van der Waals surface area contributed by atoms with Gasteiger partial charge in [-0.15, -0.1) is 0 Å². The number of nitrogens with zero attached hydrogens (tertiary/aromatic N) is 1. The van der Waals surface area contributed by atoms with Crippen molar-refractivity contribution in [2.45, 2.75) is 44.6 Å². The van der Waals surface area contributed by atoms with Gasteiger partial charge in [-0.1, -0.05) is 12.2 Å². The largest absolute Gasteiger partial charge is 0.396 e. The number of aliphatic hydroxyl groups excluding tert-OH is 1. The number of rotatable bonds is 5. The van der Waals surface area contributed by atoms with Gasteiger partial charge in [0, 0.05) is 19.2 Å². The van der Waals surface area contributed by atoms with E-state index in [4.69, 9.17) is 23.1 Å². The lowest BCUT2D eigenvalue weighted by Gasteiger charge is -2.28. The lowest BCUT2D eigenvalue weighted by Crippen LogP contribution is -2.45. The minimum atomic E-state index is -0.517. The topological polar surface area (TPSA) is 66.6 Å². The van der Waals surface area contributed by atoms with Gasteiger partial charge in [0.15, 0.2) is 0 Å². The van der Waals surface area contributed by atoms with Crippen molar-refractivity contribution in [3.8, 4) is 0 Å². The number of hydrogen-bond acceptors (Lipinski definition) is 3. The van der Waals surface area contributed by atoms with Gasteiger partial charge in [0.1, 0.15) is 0 Å². The molecule has 1 heterocycles. The van der Waals surface area contributed by atoms with Crippen molar-refractivity contribution in [3.05, 3.63) is 0 Å². The summed E-state index contributed by atoms with van der Waals surface area (Å²) >= 11 is 5.02. The van der Waals surface area contributed by atoms with Crippen LogP contribution in [0.2, 0.25) is 0 Å². The van der Waals surface area contributed by atoms with Crippen LogP contribution < -0.4 is 5.73 Å². The van der Waals surface area contributed by atoms with E-state index in [0.29, 0.717) is 4.99 Å². The molecule has 0 bridgehead atoms. The molecule has 1 amide bonds. The van der Waals surface area contributed by atoms with Crippen LogP contribution in [0.4, 0.5) is 0 Å². The van der Waals surface area contributed by atoms with Crippen molar-refractivity contribution in [3.63, 3.8) is 0 Å². The molecule has 96 valence electrons. The smallest absolute Gasteiger partial charge is 0.235 e. The molecule has 1 saturated heterocycles. The van der Waals surface area contributed by atoms with E-state index in [2.05, 4.69) is 0 Å². The second-order valence-corrected chi connectivity index (χ2v) is 5.55. The fraction of sp³-hybridized carbons (Fsp3) is 0.833. The highest BCUT2D eigenvalue weighted by Crippen LogP contribution is 2.48. The van der Waals surface area contributed by atoms with Crippen molar-refractivity contribution in [2.75, 3.05) is 13.2 Å². The molecule has 0 aromatic rings. The number of carbonyl (C=O) groups excluding carboxylic acids is 1. The summed E-state index contributed by atoms with van der Waals surface area (Å²) in [6.45, 7) is 1.01. The highest BCUT2D eigenvalue weighted by molar-refractivity contribution is 7.80. The van der Waals surface area contributed by atoms with Crippen LogP contribution in [0, 0.1) is 5.41 Å². The number of hydrogen-bond donors (Lipinski definition) is 2. The third-order valence-electron chi connectivity index (χ3n) is 3.96. The van der Waals surface area contributed by atoms with Crippen LogP contribution in [0.1, 0.15) is 38.5 Å². The van der Waals surface area contributed by atoms with Crippen molar-refractivity contribution in [1.82, 2.24) is 4.90 Å². The maximum absolute atomic E-state index is 12.4. The van der Waals surface area contributed by atoms with Crippen LogP contribution in [-0.4, -0.2) is 40.1 Å². The number of aliphatic hydroxyl groups is 1. The molecule has 0 radical (unpaired) electrons. The molecular weight excluding hydrogens is 236 g/mol. The Hall–Kier alpha value is -0.680. The first kappa shape index (κ1) is 12.8. The second-order valence-electron chi connectivity index (χ2n) is 5.11. The summed E-state index contributed by atoms with van der Waals surface area (Å²) in [7, 11) is 0. The Balaban J connectivity index is 2.01. The van der Waals surface area contributed by atoms with Gasteiger partial charge < -0.3 is 15.7 Å². The highest BCUT2D eigenvalue weighted by Gasteiger charge is 2.55. The van der Waals surface area contributed by atoms with Gasteiger partial charge in [-0.05, 0) is 38.5 Å². The van der Waals surface area contributed by atoms with Crippen molar-refractivity contribution in [1.29, 1.82) is 0 Å². The Bertz CT molecular complexity index is 328. The van der Waals surface area contributed by atoms with Crippen molar-refractivity contribution >= 4 is 23.1 Å². The third kappa shape index (κ3) is 2.31. The van der Waals surface area contributed by atoms with Gasteiger partial charge in [0.05, 0.1) is 10.4 Å². The van der Waals surface area contributed by atoms with Crippen LogP contribution in [0.25, 0.3) is 0 Å². The maximum atomic E-state index is 12.4. The van der Waals surface area contributed by atoms with Gasteiger partial charge in [0.25, 0.3) is 0 Å². The third-order valence-corrected chi connectivity index (χ3v) is 4.36. The average molecular weight is 256 g/mol. The van der Waals surface area contributed by atoms with Gasteiger partial charge in [-0.3, -0.25) is 4.79 Å². The Morgan fingerprint density at radius 3 is 2.76 bits per heavy atom. The van der Waals surface area contributed by atoms with Gasteiger partial charge in [-0.2, -0.15) is 0 Å². The van der Waals surface area contributed by atoms with Gasteiger partial charge in [0.2, 0.25) is 5.91 Å². The molecule has 3 N–H and O–H groups in total. The summed E-state index contributed by atoms with van der Waals surface area (Å²) in [5.41, 5.74) is 5.17. The first-order chi connectivity index (χ1) is 8.12. The first-order valence-electron chi connectivity index (χ1n) is 6.33. The summed E-state index contributed by atoms with van der Waals surface area (Å²) in [5, 5.41) is 8.87. The quantitative estimate of drug-likeness (QED) is 0.715. The molecule has 5 heteroatoms. The lowest BCUT2D eigenvalue weighted by atomic mass is 10.0. The molecule has 0 spiro atoms. The standard InChI is InChI=1S/C12H20N2O2S/c13-10(17)12(5-6-12)11(16)14-7-1-3-9(14)4-2-8-15/h9,15H,1-8H2,(H2,13,17). The molecule has 1 aliphatic heterocycles. The monoisotopic (exact) mass is 256 g/mol. The number of nitrogens with two attached hydrogens (primary N) is 1. The summed E-state index contributed by atoms with van der Waals surface area (Å²) < 4.78 is 0. The molecule has 1 unspecified atom stereocenters. The second kappa shape index (κ2) is 4.90. The molecule has 0 aromatic heterocycles. The number of carbonyl (C=O) groups is 1. The Labute approximate surface area is 107 Å². The van der Waals surface area contributed by atoms with Crippen LogP contribution >= 0.6 is 12.2 Å². The fourth-order valence-electron chi connectivity index (χ4n) is 2.70. The number of thiocarbonyl (C=S) groups is 1. The van der Waals surface area contributed by atoms with Gasteiger partial charge >= 0.3 is 0 Å². The van der Waals surface area contributed by atoms with E-state index in [1.807, 2.05) is 4.90 Å². The van der Waals surface area contributed by atoms with Crippen LogP contribution in [0.5, 0.6) is 0 Å². The molecular formula is C12H20N2O2S. The van der Waals surface area contributed by atoms with E-state index in [1.165, 1.54) is 0 Å². The fourth-order valence-corrected chi connectivity index (χ4v) is 2.99. The van der Waals surface area contributed by atoms with E-state index >= 15 is 0 Å². The summed E-state index contributed by atoms with van der Waals surface area (Å²) in [6, 6.07) is 0.279. The zero-order valence-corrected chi connectivity index (χ0v) is 10.8. The molecule has 4 nitrogen and oxygen atoms in total. The zero-order chi connectivity index (χ0) is 12.5. The molecule has 2 rings (SSSR count). The van der Waals surface area contributed by atoms with E-state index < -0.39 is 5.41 Å². The van der Waals surface area contributed by atoms with Crippen LogP contribution in [-0.2, 0) is 4.79 Å². The molecule has 1 saturated carbocycles. The molecule has 2 fully saturated rings. The zero-order valence-electron chi connectivity index (χ0n) is 10.0. The number of amides is 1. The molecule has 17 heavy (non-hydrogen) atoms. The van der Waals surface area contributed by atoms with Crippen LogP contribution in [0.15, 0.2) is 0 Å². The summed E-state index contributed by atoms with van der Waals surface area (Å²) in [4.78, 5) is 14.7. The van der Waals surface area contributed by atoms with Gasteiger partial charge in [-0.25, -0.2) is 0 Å². The Morgan fingerprint density at radius 1 is 1.53 bits per heavy atom. The molecule has 0 aromatic carbocycles. The van der Waals surface area contributed by atoms with E-state index in [-0.39, 0.29) is 18.6 Å². The predicted octanol–water partition coefficient (Wildman–Crippen LogP) is 0.816. The van der Waals surface area contributed by atoms with Crippen molar-refractivity contribution < 1.29 is 9.90 Å². The summed E-state index contributed by atoms with van der Waals surface area (Å²) in [6.07, 6.45) is 5.35. The average Bonchev–Trinajstić information content (AvgIpc) is 2.99. The minimum absolute atomic E-state index is 0.130.